The molecule has 0 aliphatic heterocycles. The zero-order valence-electron chi connectivity index (χ0n) is 16.6. The molecular formula is C22H26N4O2. The summed E-state index contributed by atoms with van der Waals surface area (Å²) in [6.45, 7) is 8.16. The molecule has 0 saturated carbocycles. The quantitative estimate of drug-likeness (QED) is 0.626. The van der Waals surface area contributed by atoms with Crippen molar-refractivity contribution >= 4 is 17.3 Å². The molecule has 0 saturated heterocycles. The summed E-state index contributed by atoms with van der Waals surface area (Å²) in [5, 5.41) is 11.1. The Labute approximate surface area is 165 Å². The van der Waals surface area contributed by atoms with Crippen LogP contribution in [0.3, 0.4) is 0 Å². The molecule has 0 unspecified atom stereocenters. The Balaban J connectivity index is 1.54. The molecule has 0 bridgehead atoms. The average molecular weight is 378 g/mol. The van der Waals surface area contributed by atoms with Crippen molar-refractivity contribution in [2.24, 2.45) is 0 Å². The second-order valence-corrected chi connectivity index (χ2v) is 6.58. The van der Waals surface area contributed by atoms with E-state index in [-0.39, 0.29) is 12.3 Å². The highest BCUT2D eigenvalue weighted by atomic mass is 16.4. The molecule has 0 aliphatic carbocycles. The lowest BCUT2D eigenvalue weighted by Crippen LogP contribution is -2.21. The minimum atomic E-state index is -0.0776. The van der Waals surface area contributed by atoms with E-state index in [0.717, 1.165) is 35.6 Å². The number of aryl methyl sites for hydroxylation is 2. The van der Waals surface area contributed by atoms with Crippen LogP contribution in [0.2, 0.25) is 0 Å². The topological polar surface area (TPSA) is 71.3 Å². The van der Waals surface area contributed by atoms with E-state index >= 15 is 0 Å². The highest BCUT2D eigenvalue weighted by Gasteiger charge is 2.12. The predicted octanol–water partition coefficient (Wildman–Crippen LogP) is 4.46. The molecule has 0 fully saturated rings. The SMILES string of the molecule is CCN(CC)c1ccc(NC(=O)CCc2nnc(-c3ccccc3C)o2)cc1. The molecule has 1 amide bonds. The van der Waals surface area contributed by atoms with E-state index in [0.29, 0.717) is 18.2 Å². The van der Waals surface area contributed by atoms with Gasteiger partial charge in [0.05, 0.1) is 0 Å². The highest BCUT2D eigenvalue weighted by Crippen LogP contribution is 2.22. The minimum absolute atomic E-state index is 0.0776. The largest absolute Gasteiger partial charge is 0.421 e. The Kier molecular flexibility index (Phi) is 6.42. The van der Waals surface area contributed by atoms with Gasteiger partial charge in [-0.15, -0.1) is 10.2 Å². The minimum Gasteiger partial charge on any atom is -0.421 e. The van der Waals surface area contributed by atoms with Crippen LogP contribution in [0.25, 0.3) is 11.5 Å². The Morgan fingerprint density at radius 2 is 1.75 bits per heavy atom. The van der Waals surface area contributed by atoms with Gasteiger partial charge in [0.1, 0.15) is 0 Å². The Hall–Kier alpha value is -3.15. The van der Waals surface area contributed by atoms with Crippen LogP contribution >= 0.6 is 0 Å². The van der Waals surface area contributed by atoms with E-state index in [9.17, 15) is 4.79 Å². The Bertz CT molecular complexity index is 914. The summed E-state index contributed by atoms with van der Waals surface area (Å²) < 4.78 is 5.71. The summed E-state index contributed by atoms with van der Waals surface area (Å²) in [5.74, 6) is 0.872. The van der Waals surface area contributed by atoms with Gasteiger partial charge in [-0.25, -0.2) is 0 Å². The maximum absolute atomic E-state index is 12.2. The molecule has 1 aromatic heterocycles. The van der Waals surface area contributed by atoms with E-state index < -0.39 is 0 Å². The van der Waals surface area contributed by atoms with Crippen molar-refractivity contribution in [3.8, 4) is 11.5 Å². The van der Waals surface area contributed by atoms with Gasteiger partial charge >= 0.3 is 0 Å². The molecule has 1 heterocycles. The summed E-state index contributed by atoms with van der Waals surface area (Å²) in [5.41, 5.74) is 3.92. The molecule has 28 heavy (non-hydrogen) atoms. The first kappa shape index (κ1) is 19.6. The Morgan fingerprint density at radius 3 is 2.43 bits per heavy atom. The Morgan fingerprint density at radius 1 is 1.04 bits per heavy atom. The molecule has 6 heteroatoms. The molecule has 1 N–H and O–H groups in total. The van der Waals surface area contributed by atoms with Crippen molar-refractivity contribution in [1.29, 1.82) is 0 Å². The van der Waals surface area contributed by atoms with Gasteiger partial charge < -0.3 is 14.6 Å². The van der Waals surface area contributed by atoms with Crippen LogP contribution in [-0.4, -0.2) is 29.2 Å². The van der Waals surface area contributed by atoms with Gasteiger partial charge in [-0.2, -0.15) is 0 Å². The van der Waals surface area contributed by atoms with Crippen LogP contribution in [-0.2, 0) is 11.2 Å². The van der Waals surface area contributed by atoms with Crippen LogP contribution in [0.15, 0.2) is 52.9 Å². The van der Waals surface area contributed by atoms with Gasteiger partial charge in [-0.05, 0) is 56.7 Å². The number of rotatable bonds is 8. The van der Waals surface area contributed by atoms with E-state index in [2.05, 4.69) is 34.3 Å². The number of benzene rings is 2. The second kappa shape index (κ2) is 9.17. The summed E-state index contributed by atoms with van der Waals surface area (Å²) in [6, 6.07) is 15.7. The molecular weight excluding hydrogens is 352 g/mol. The fraction of sp³-hybridized carbons (Fsp3) is 0.318. The van der Waals surface area contributed by atoms with Crippen molar-refractivity contribution in [2.75, 3.05) is 23.3 Å². The van der Waals surface area contributed by atoms with Gasteiger partial charge in [0.15, 0.2) is 0 Å². The fourth-order valence-electron chi connectivity index (χ4n) is 3.06. The number of hydrogen-bond acceptors (Lipinski definition) is 5. The van der Waals surface area contributed by atoms with E-state index in [1.807, 2.05) is 55.5 Å². The first-order chi connectivity index (χ1) is 13.6. The number of carbonyl (C=O) groups excluding carboxylic acids is 1. The normalized spacial score (nSPS) is 10.7. The van der Waals surface area contributed by atoms with E-state index in [1.54, 1.807) is 0 Å². The summed E-state index contributed by atoms with van der Waals surface area (Å²) in [7, 11) is 0. The lowest BCUT2D eigenvalue weighted by atomic mass is 10.1. The van der Waals surface area contributed by atoms with Crippen molar-refractivity contribution in [3.63, 3.8) is 0 Å². The molecule has 0 aliphatic rings. The van der Waals surface area contributed by atoms with Gasteiger partial charge in [-0.3, -0.25) is 4.79 Å². The molecule has 0 radical (unpaired) electrons. The number of nitrogens with zero attached hydrogens (tertiary/aromatic N) is 3. The zero-order chi connectivity index (χ0) is 19.9. The van der Waals surface area contributed by atoms with Crippen LogP contribution < -0.4 is 10.2 Å². The van der Waals surface area contributed by atoms with Crippen LogP contribution in [0, 0.1) is 6.92 Å². The van der Waals surface area contributed by atoms with Crippen molar-refractivity contribution in [2.45, 2.75) is 33.6 Å². The molecule has 3 aromatic rings. The summed E-state index contributed by atoms with van der Waals surface area (Å²) in [4.78, 5) is 14.5. The second-order valence-electron chi connectivity index (χ2n) is 6.58. The molecule has 3 rings (SSSR count). The van der Waals surface area contributed by atoms with E-state index in [1.165, 1.54) is 0 Å². The van der Waals surface area contributed by atoms with Crippen molar-refractivity contribution in [3.05, 3.63) is 60.0 Å². The van der Waals surface area contributed by atoms with E-state index in [4.69, 9.17) is 4.42 Å². The number of hydrogen-bond donors (Lipinski definition) is 1. The average Bonchev–Trinajstić information content (AvgIpc) is 3.18. The third kappa shape index (κ3) is 4.76. The molecule has 2 aromatic carbocycles. The van der Waals surface area contributed by atoms with Gasteiger partial charge in [0.25, 0.3) is 0 Å². The summed E-state index contributed by atoms with van der Waals surface area (Å²) >= 11 is 0. The fourth-order valence-corrected chi connectivity index (χ4v) is 3.06. The van der Waals surface area contributed by atoms with Crippen LogP contribution in [0.4, 0.5) is 11.4 Å². The lowest BCUT2D eigenvalue weighted by Gasteiger charge is -2.21. The first-order valence-electron chi connectivity index (χ1n) is 9.64. The molecule has 0 atom stereocenters. The van der Waals surface area contributed by atoms with Crippen molar-refractivity contribution < 1.29 is 9.21 Å². The van der Waals surface area contributed by atoms with Crippen LogP contribution in [0.5, 0.6) is 0 Å². The van der Waals surface area contributed by atoms with Gasteiger partial charge in [0.2, 0.25) is 17.7 Å². The number of amides is 1. The molecule has 146 valence electrons. The monoisotopic (exact) mass is 378 g/mol. The molecule has 0 spiro atoms. The van der Waals surface area contributed by atoms with Crippen LogP contribution in [0.1, 0.15) is 31.7 Å². The standard InChI is InChI=1S/C22H26N4O2/c1-4-26(5-2)18-12-10-17(11-13-18)23-20(27)14-15-21-24-25-22(28-21)19-9-7-6-8-16(19)3/h6-13H,4-5,14-15H2,1-3H3,(H,23,27). The van der Waals surface area contributed by atoms with Gasteiger partial charge in [-0.1, -0.05) is 18.2 Å². The zero-order valence-corrected chi connectivity index (χ0v) is 16.6. The predicted molar refractivity (Wildman–Crippen MR) is 111 cm³/mol. The van der Waals surface area contributed by atoms with Crippen molar-refractivity contribution in [1.82, 2.24) is 10.2 Å². The molecule has 6 nitrogen and oxygen atoms in total. The number of carbonyl (C=O) groups is 1. The first-order valence-corrected chi connectivity index (χ1v) is 9.64. The maximum Gasteiger partial charge on any atom is 0.247 e. The maximum atomic E-state index is 12.2. The van der Waals surface area contributed by atoms with Gasteiger partial charge in [0, 0.05) is 42.9 Å². The number of aromatic nitrogens is 2. The lowest BCUT2D eigenvalue weighted by molar-refractivity contribution is -0.116. The third-order valence-corrected chi connectivity index (χ3v) is 4.69. The number of anilines is 2. The highest BCUT2D eigenvalue weighted by molar-refractivity contribution is 5.90. The smallest absolute Gasteiger partial charge is 0.247 e. The third-order valence-electron chi connectivity index (χ3n) is 4.69. The summed E-state index contributed by atoms with van der Waals surface area (Å²) in [6.07, 6.45) is 0.690. The number of nitrogens with one attached hydrogen (secondary N) is 1.